The molecule has 0 saturated heterocycles. The number of anilines is 3. The molecule has 2 nitrogen and oxygen atoms in total. The Balaban J connectivity index is 1.17. The van der Waals surface area contributed by atoms with E-state index in [1.54, 1.807) is 0 Å². The first-order valence-corrected chi connectivity index (χ1v) is 18.1. The highest BCUT2D eigenvalue weighted by molar-refractivity contribution is 6.06. The summed E-state index contributed by atoms with van der Waals surface area (Å²) in [5.41, 5.74) is 16.6. The highest BCUT2D eigenvalue weighted by atomic mass is 16.3. The van der Waals surface area contributed by atoms with Crippen LogP contribution >= 0.6 is 0 Å². The molecule has 8 aromatic carbocycles. The van der Waals surface area contributed by atoms with Crippen LogP contribution in [0.5, 0.6) is 0 Å². The quantitative estimate of drug-likeness (QED) is 0.182. The maximum atomic E-state index is 6.14. The number of benzene rings is 8. The molecule has 1 aliphatic rings. The summed E-state index contributed by atoms with van der Waals surface area (Å²) >= 11 is 0. The Labute approximate surface area is 304 Å². The second-order valence-corrected chi connectivity index (χ2v) is 14.6. The van der Waals surface area contributed by atoms with Crippen molar-refractivity contribution in [2.75, 3.05) is 4.90 Å². The summed E-state index contributed by atoms with van der Waals surface area (Å²) in [4.78, 5) is 2.46. The van der Waals surface area contributed by atoms with Gasteiger partial charge in [-0.05, 0) is 117 Å². The highest BCUT2D eigenvalue weighted by Gasteiger charge is 2.37. The lowest BCUT2D eigenvalue weighted by Crippen LogP contribution is -2.17. The maximum Gasteiger partial charge on any atom is 0.135 e. The lowest BCUT2D eigenvalue weighted by molar-refractivity contribution is 0.660. The summed E-state index contributed by atoms with van der Waals surface area (Å²) in [6, 6.07) is 61.9. The second kappa shape index (κ2) is 11.6. The smallest absolute Gasteiger partial charge is 0.135 e. The minimum absolute atomic E-state index is 0.121. The van der Waals surface area contributed by atoms with Crippen LogP contribution in [-0.2, 0) is 5.41 Å². The van der Waals surface area contributed by atoms with Crippen molar-refractivity contribution in [2.24, 2.45) is 0 Å². The number of furan rings is 1. The van der Waals surface area contributed by atoms with Crippen LogP contribution in [0.25, 0.3) is 66.1 Å². The van der Waals surface area contributed by atoms with Crippen LogP contribution in [0.15, 0.2) is 174 Å². The third kappa shape index (κ3) is 4.72. The van der Waals surface area contributed by atoms with Crippen molar-refractivity contribution in [1.29, 1.82) is 0 Å². The third-order valence-electron chi connectivity index (χ3n) is 11.2. The lowest BCUT2D eigenvalue weighted by Gasteiger charge is -2.30. The number of aryl methyl sites for hydroxylation is 1. The van der Waals surface area contributed by atoms with E-state index in [0.717, 1.165) is 39.0 Å². The number of hydrogen-bond donors (Lipinski definition) is 0. The van der Waals surface area contributed by atoms with Gasteiger partial charge < -0.3 is 9.32 Å². The van der Waals surface area contributed by atoms with Crippen molar-refractivity contribution < 1.29 is 4.42 Å². The van der Waals surface area contributed by atoms with Gasteiger partial charge in [-0.15, -0.1) is 0 Å². The molecule has 0 N–H and O–H groups in total. The van der Waals surface area contributed by atoms with Gasteiger partial charge in [0.1, 0.15) is 11.2 Å². The van der Waals surface area contributed by atoms with Crippen LogP contribution < -0.4 is 4.90 Å². The van der Waals surface area contributed by atoms with E-state index >= 15 is 0 Å². The van der Waals surface area contributed by atoms with E-state index < -0.39 is 0 Å². The first-order valence-electron chi connectivity index (χ1n) is 18.1. The van der Waals surface area contributed by atoms with Crippen LogP contribution in [0.4, 0.5) is 17.1 Å². The zero-order valence-corrected chi connectivity index (χ0v) is 29.5. The molecule has 0 atom stereocenters. The molecule has 0 aliphatic heterocycles. The monoisotopic (exact) mass is 667 g/mol. The molecule has 0 amide bonds. The highest BCUT2D eigenvalue weighted by Crippen LogP contribution is 2.52. The fourth-order valence-electron chi connectivity index (χ4n) is 8.50. The fourth-order valence-corrected chi connectivity index (χ4v) is 8.50. The van der Waals surface area contributed by atoms with E-state index in [2.05, 4.69) is 183 Å². The van der Waals surface area contributed by atoms with E-state index in [0.29, 0.717) is 0 Å². The van der Waals surface area contributed by atoms with Crippen molar-refractivity contribution >= 4 is 49.8 Å². The number of fused-ring (bicyclic) bond motifs is 7. The Hall–Kier alpha value is -6.38. The predicted octanol–water partition coefficient (Wildman–Crippen LogP) is 14.2. The first kappa shape index (κ1) is 30.4. The van der Waals surface area contributed by atoms with E-state index in [1.807, 2.05) is 12.1 Å². The Morgan fingerprint density at radius 1 is 0.462 bits per heavy atom. The molecule has 1 aromatic heterocycles. The van der Waals surface area contributed by atoms with Gasteiger partial charge in [-0.3, -0.25) is 0 Å². The molecule has 9 aromatic rings. The van der Waals surface area contributed by atoms with Crippen LogP contribution in [-0.4, -0.2) is 0 Å². The molecule has 52 heavy (non-hydrogen) atoms. The SMILES string of the molecule is Cc1cccc2c1-c1ccc(N(c3ccc(-c4ccc5oc6ccccc6c5c4)cc3)c3cc4ccccc4cc3-c3ccccc3)cc1C2(C)C. The van der Waals surface area contributed by atoms with Gasteiger partial charge in [0.25, 0.3) is 0 Å². The largest absolute Gasteiger partial charge is 0.456 e. The number of rotatable bonds is 5. The van der Waals surface area contributed by atoms with E-state index in [1.165, 1.54) is 60.8 Å². The van der Waals surface area contributed by atoms with E-state index in [9.17, 15) is 0 Å². The van der Waals surface area contributed by atoms with Crippen LogP contribution in [0.2, 0.25) is 0 Å². The minimum Gasteiger partial charge on any atom is -0.456 e. The summed E-state index contributed by atoms with van der Waals surface area (Å²) in [5, 5.41) is 4.72. The van der Waals surface area contributed by atoms with Crippen LogP contribution in [0, 0.1) is 6.92 Å². The van der Waals surface area contributed by atoms with Gasteiger partial charge in [-0.1, -0.05) is 129 Å². The first-order chi connectivity index (χ1) is 25.4. The maximum absolute atomic E-state index is 6.14. The van der Waals surface area contributed by atoms with Crippen molar-refractivity contribution in [3.63, 3.8) is 0 Å². The van der Waals surface area contributed by atoms with E-state index in [-0.39, 0.29) is 5.41 Å². The van der Waals surface area contributed by atoms with Gasteiger partial charge in [-0.25, -0.2) is 0 Å². The van der Waals surface area contributed by atoms with Crippen LogP contribution in [0.3, 0.4) is 0 Å². The molecule has 0 radical (unpaired) electrons. The average Bonchev–Trinajstić information content (AvgIpc) is 3.67. The molecule has 2 heteroatoms. The van der Waals surface area contributed by atoms with Crippen LogP contribution in [0.1, 0.15) is 30.5 Å². The molecule has 10 rings (SSSR count). The summed E-state index contributed by atoms with van der Waals surface area (Å²) in [5.74, 6) is 0. The van der Waals surface area contributed by atoms with Gasteiger partial charge in [0.05, 0.1) is 5.69 Å². The van der Waals surface area contributed by atoms with Crippen molar-refractivity contribution in [3.8, 4) is 33.4 Å². The predicted molar refractivity (Wildman–Crippen MR) is 219 cm³/mol. The Morgan fingerprint density at radius 3 is 1.98 bits per heavy atom. The van der Waals surface area contributed by atoms with Crippen molar-refractivity contribution in [3.05, 3.63) is 187 Å². The summed E-state index contributed by atoms with van der Waals surface area (Å²) in [7, 11) is 0. The minimum atomic E-state index is -0.121. The summed E-state index contributed by atoms with van der Waals surface area (Å²) in [6.07, 6.45) is 0. The Morgan fingerprint density at radius 2 is 1.15 bits per heavy atom. The normalized spacial score (nSPS) is 13.1. The molecule has 0 unspecified atom stereocenters. The standard InChI is InChI=1S/C50H37NO/c1-32-12-11-18-44-49(32)41-26-25-39(31-45(41)50(44,2)3)51(46-30-36-16-8-7-15-35(36)28-42(46)34-13-5-4-6-14-34)38-23-20-33(21-24-38)37-22-27-48-43(29-37)40-17-9-10-19-47(40)52-48/h4-31H,1-3H3. The lowest BCUT2D eigenvalue weighted by atomic mass is 9.82. The molecule has 1 heterocycles. The number of nitrogens with zero attached hydrogens (tertiary/aromatic N) is 1. The number of hydrogen-bond acceptors (Lipinski definition) is 2. The van der Waals surface area contributed by atoms with Gasteiger partial charge in [0.2, 0.25) is 0 Å². The molecular formula is C50H37NO. The van der Waals surface area contributed by atoms with Crippen molar-refractivity contribution in [1.82, 2.24) is 0 Å². The Kier molecular flexibility index (Phi) is 6.78. The van der Waals surface area contributed by atoms with Crippen molar-refractivity contribution in [2.45, 2.75) is 26.2 Å². The third-order valence-corrected chi connectivity index (χ3v) is 11.2. The molecular weight excluding hydrogens is 631 g/mol. The van der Waals surface area contributed by atoms with Gasteiger partial charge in [0.15, 0.2) is 0 Å². The molecule has 0 spiro atoms. The van der Waals surface area contributed by atoms with Gasteiger partial charge in [0, 0.05) is 33.1 Å². The molecule has 248 valence electrons. The average molecular weight is 668 g/mol. The zero-order chi connectivity index (χ0) is 35.0. The van der Waals surface area contributed by atoms with Gasteiger partial charge >= 0.3 is 0 Å². The zero-order valence-electron chi connectivity index (χ0n) is 29.5. The van der Waals surface area contributed by atoms with E-state index in [4.69, 9.17) is 4.42 Å². The second-order valence-electron chi connectivity index (χ2n) is 14.6. The molecule has 0 bridgehead atoms. The molecule has 1 aliphatic carbocycles. The topological polar surface area (TPSA) is 16.4 Å². The summed E-state index contributed by atoms with van der Waals surface area (Å²) < 4.78 is 6.14. The fraction of sp³-hybridized carbons (Fsp3) is 0.0800. The Bertz CT molecular complexity index is 2820. The summed E-state index contributed by atoms with van der Waals surface area (Å²) in [6.45, 7) is 6.97. The number of para-hydroxylation sites is 1. The molecule has 0 fully saturated rings. The van der Waals surface area contributed by atoms with Gasteiger partial charge in [-0.2, -0.15) is 0 Å². The molecule has 0 saturated carbocycles.